The highest BCUT2D eigenvalue weighted by atomic mass is 35.5. The van der Waals surface area contributed by atoms with Crippen molar-refractivity contribution in [2.24, 2.45) is 0 Å². The van der Waals surface area contributed by atoms with Gasteiger partial charge in [0.15, 0.2) is 0 Å². The Kier molecular flexibility index (Phi) is 7.19. The van der Waals surface area contributed by atoms with E-state index in [1.54, 1.807) is 31.2 Å². The minimum absolute atomic E-state index is 0.0108. The Morgan fingerprint density at radius 1 is 0.879 bits per heavy atom. The van der Waals surface area contributed by atoms with E-state index in [0.717, 1.165) is 11.1 Å². The van der Waals surface area contributed by atoms with Gasteiger partial charge in [0.2, 0.25) is 0 Å². The van der Waals surface area contributed by atoms with Crippen molar-refractivity contribution in [1.82, 2.24) is 0 Å². The van der Waals surface area contributed by atoms with Crippen LogP contribution < -0.4 is 19.5 Å². The van der Waals surface area contributed by atoms with Gasteiger partial charge < -0.3 is 14.8 Å². The van der Waals surface area contributed by atoms with Crippen LogP contribution in [0.5, 0.6) is 11.5 Å². The van der Waals surface area contributed by atoms with Gasteiger partial charge in [0, 0.05) is 17.7 Å². The standard InChI is InChI=1S/C24H25ClN2O5S/c1-14-7-6-8-19(16(14)3)27-33(29,30)23-11-17(10-9-15(23)2)24(28)26-20-13-21(31-4)18(25)12-22(20)32-5/h6-13,27H,1-5H3,(H,26,28). The highest BCUT2D eigenvalue weighted by Crippen LogP contribution is 2.36. The number of halogens is 1. The molecule has 0 aromatic heterocycles. The molecular weight excluding hydrogens is 464 g/mol. The van der Waals surface area contributed by atoms with Crippen molar-refractivity contribution in [1.29, 1.82) is 0 Å². The lowest BCUT2D eigenvalue weighted by Crippen LogP contribution is -2.18. The Morgan fingerprint density at radius 3 is 2.24 bits per heavy atom. The van der Waals surface area contributed by atoms with Crippen molar-refractivity contribution in [2.75, 3.05) is 24.3 Å². The first kappa shape index (κ1) is 24.4. The topological polar surface area (TPSA) is 93.7 Å². The summed E-state index contributed by atoms with van der Waals surface area (Å²) < 4.78 is 39.4. The SMILES string of the molecule is COc1cc(NC(=O)c2ccc(C)c(S(=O)(=O)Nc3cccc(C)c3C)c2)c(OC)cc1Cl. The average molecular weight is 489 g/mol. The van der Waals surface area contributed by atoms with Crippen molar-refractivity contribution in [3.63, 3.8) is 0 Å². The van der Waals surface area contributed by atoms with Crippen LogP contribution >= 0.6 is 11.6 Å². The molecule has 0 aliphatic carbocycles. The first-order valence-electron chi connectivity index (χ1n) is 10.00. The van der Waals surface area contributed by atoms with Crippen LogP contribution in [0.4, 0.5) is 11.4 Å². The van der Waals surface area contributed by atoms with Gasteiger partial charge in [0.1, 0.15) is 11.5 Å². The van der Waals surface area contributed by atoms with Crippen LogP contribution in [0, 0.1) is 20.8 Å². The first-order chi connectivity index (χ1) is 15.6. The number of methoxy groups -OCH3 is 2. The number of benzene rings is 3. The summed E-state index contributed by atoms with van der Waals surface area (Å²) in [5.74, 6) is 0.184. The molecule has 0 aliphatic heterocycles. The fourth-order valence-electron chi connectivity index (χ4n) is 3.24. The molecule has 0 bridgehead atoms. The third-order valence-corrected chi connectivity index (χ3v) is 7.11. The lowest BCUT2D eigenvalue weighted by Gasteiger charge is -2.15. The molecule has 0 fully saturated rings. The molecule has 3 aromatic carbocycles. The molecule has 7 nitrogen and oxygen atoms in total. The summed E-state index contributed by atoms with van der Waals surface area (Å²) in [7, 11) is -1.03. The number of hydrogen-bond donors (Lipinski definition) is 2. The number of carbonyl (C=O) groups excluding carboxylic acids is 1. The number of anilines is 2. The summed E-state index contributed by atoms with van der Waals surface area (Å²) in [5.41, 5.74) is 3.29. The molecule has 0 heterocycles. The maximum absolute atomic E-state index is 13.1. The highest BCUT2D eigenvalue weighted by molar-refractivity contribution is 7.92. The van der Waals surface area contributed by atoms with E-state index in [4.69, 9.17) is 21.1 Å². The van der Waals surface area contributed by atoms with Gasteiger partial charge in [-0.3, -0.25) is 9.52 Å². The smallest absolute Gasteiger partial charge is 0.262 e. The molecule has 9 heteroatoms. The summed E-state index contributed by atoms with van der Waals surface area (Å²) in [6.45, 7) is 5.42. The Hall–Kier alpha value is -3.23. The van der Waals surface area contributed by atoms with E-state index in [2.05, 4.69) is 10.0 Å². The number of nitrogens with one attached hydrogen (secondary N) is 2. The molecule has 3 aromatic rings. The normalized spacial score (nSPS) is 11.1. The maximum atomic E-state index is 13.1. The average Bonchev–Trinajstić information content (AvgIpc) is 2.77. The molecular formula is C24H25ClN2O5S. The number of carbonyl (C=O) groups is 1. The molecule has 0 saturated carbocycles. The van der Waals surface area contributed by atoms with Crippen molar-refractivity contribution in [3.05, 3.63) is 75.8 Å². The van der Waals surface area contributed by atoms with Gasteiger partial charge in [-0.25, -0.2) is 8.42 Å². The van der Waals surface area contributed by atoms with Crippen LogP contribution in [0.1, 0.15) is 27.0 Å². The van der Waals surface area contributed by atoms with Crippen molar-refractivity contribution in [2.45, 2.75) is 25.7 Å². The monoisotopic (exact) mass is 488 g/mol. The van der Waals surface area contributed by atoms with Gasteiger partial charge in [-0.2, -0.15) is 0 Å². The molecule has 3 rings (SSSR count). The van der Waals surface area contributed by atoms with Crippen molar-refractivity contribution < 1.29 is 22.7 Å². The summed E-state index contributed by atoms with van der Waals surface area (Å²) in [4.78, 5) is 13.0. The van der Waals surface area contributed by atoms with Crippen molar-refractivity contribution >= 4 is 38.9 Å². The van der Waals surface area contributed by atoms with E-state index in [-0.39, 0.29) is 10.5 Å². The molecule has 0 unspecified atom stereocenters. The zero-order valence-electron chi connectivity index (χ0n) is 18.9. The molecule has 0 saturated heterocycles. The second-order valence-electron chi connectivity index (χ2n) is 7.47. The molecule has 1 amide bonds. The maximum Gasteiger partial charge on any atom is 0.262 e. The molecule has 33 heavy (non-hydrogen) atoms. The van der Waals surface area contributed by atoms with E-state index in [1.165, 1.54) is 32.4 Å². The summed E-state index contributed by atoms with van der Waals surface area (Å²) in [5, 5.41) is 3.05. The molecule has 174 valence electrons. The minimum Gasteiger partial charge on any atom is -0.495 e. The van der Waals surface area contributed by atoms with Crippen LogP contribution in [-0.2, 0) is 10.0 Å². The van der Waals surface area contributed by atoms with E-state index in [9.17, 15) is 13.2 Å². The fraction of sp³-hybridized carbons (Fsp3) is 0.208. The molecule has 0 aliphatic rings. The lowest BCUT2D eigenvalue weighted by atomic mass is 10.1. The molecule has 0 atom stereocenters. The summed E-state index contributed by atoms with van der Waals surface area (Å²) >= 11 is 6.12. The third-order valence-electron chi connectivity index (χ3n) is 5.31. The first-order valence-corrected chi connectivity index (χ1v) is 11.9. The summed E-state index contributed by atoms with van der Waals surface area (Å²) in [6.07, 6.45) is 0. The Balaban J connectivity index is 1.94. The zero-order valence-corrected chi connectivity index (χ0v) is 20.5. The number of rotatable bonds is 7. The number of ether oxygens (including phenoxy) is 2. The largest absolute Gasteiger partial charge is 0.495 e. The van der Waals surface area contributed by atoms with Crippen molar-refractivity contribution in [3.8, 4) is 11.5 Å². The van der Waals surface area contributed by atoms with Crippen LogP contribution in [-0.4, -0.2) is 28.5 Å². The number of sulfonamides is 1. The molecule has 0 radical (unpaired) electrons. The predicted molar refractivity (Wildman–Crippen MR) is 130 cm³/mol. The predicted octanol–water partition coefficient (Wildman–Crippen LogP) is 5.34. The van der Waals surface area contributed by atoms with Gasteiger partial charge in [0.25, 0.3) is 15.9 Å². The zero-order chi connectivity index (χ0) is 24.3. The van der Waals surface area contributed by atoms with E-state index in [0.29, 0.717) is 33.5 Å². The van der Waals surface area contributed by atoms with Crippen LogP contribution in [0.3, 0.4) is 0 Å². The number of amides is 1. The van der Waals surface area contributed by atoms with E-state index in [1.807, 2.05) is 19.9 Å². The Labute approximate surface area is 198 Å². The molecule has 2 N–H and O–H groups in total. The fourth-order valence-corrected chi connectivity index (χ4v) is 4.87. The van der Waals surface area contributed by atoms with Gasteiger partial charge in [-0.15, -0.1) is 0 Å². The third kappa shape index (κ3) is 5.23. The van der Waals surface area contributed by atoms with Gasteiger partial charge in [-0.1, -0.05) is 29.8 Å². The molecule has 0 spiro atoms. The van der Waals surface area contributed by atoms with Crippen LogP contribution in [0.2, 0.25) is 5.02 Å². The van der Waals surface area contributed by atoms with E-state index < -0.39 is 15.9 Å². The summed E-state index contributed by atoms with van der Waals surface area (Å²) in [6, 6.07) is 12.9. The van der Waals surface area contributed by atoms with Gasteiger partial charge in [-0.05, 0) is 55.7 Å². The lowest BCUT2D eigenvalue weighted by molar-refractivity contribution is 0.102. The van der Waals surface area contributed by atoms with E-state index >= 15 is 0 Å². The van der Waals surface area contributed by atoms with Crippen LogP contribution in [0.25, 0.3) is 0 Å². The Bertz CT molecular complexity index is 1320. The highest BCUT2D eigenvalue weighted by Gasteiger charge is 2.21. The second-order valence-corrected chi connectivity index (χ2v) is 9.53. The second kappa shape index (κ2) is 9.72. The number of aryl methyl sites for hydroxylation is 2. The van der Waals surface area contributed by atoms with Crippen LogP contribution in [0.15, 0.2) is 53.4 Å². The number of hydrogen-bond acceptors (Lipinski definition) is 5. The quantitative estimate of drug-likeness (QED) is 0.468. The van der Waals surface area contributed by atoms with Gasteiger partial charge >= 0.3 is 0 Å². The minimum atomic E-state index is -3.93. The van der Waals surface area contributed by atoms with Gasteiger partial charge in [0.05, 0.1) is 35.5 Å². The Morgan fingerprint density at radius 2 is 1.58 bits per heavy atom.